The first kappa shape index (κ1) is 13.7. The molecule has 0 aromatic heterocycles. The van der Waals surface area contributed by atoms with E-state index in [4.69, 9.17) is 26.9 Å². The molecule has 1 rings (SSSR count). The molecule has 0 bridgehead atoms. The van der Waals surface area contributed by atoms with E-state index in [1.54, 1.807) is 0 Å². The summed E-state index contributed by atoms with van der Waals surface area (Å²) in [4.78, 5) is 10.7. The monoisotopic (exact) mass is 263 g/mol. The minimum atomic E-state index is -1.41. The number of carboxylic acid groups (broad SMARTS) is 1. The number of aromatic carboxylic acids is 1. The lowest BCUT2D eigenvalue weighted by molar-refractivity contribution is 0.0692. The van der Waals surface area contributed by atoms with Crippen LogP contribution in [0.5, 0.6) is 0 Å². The van der Waals surface area contributed by atoms with Crippen LogP contribution < -0.4 is 5.32 Å². The van der Waals surface area contributed by atoms with Crippen LogP contribution in [0, 0.1) is 5.82 Å². The van der Waals surface area contributed by atoms with Crippen molar-refractivity contribution in [2.24, 2.45) is 0 Å². The molecular formula is C10H11ClFNO4. The smallest absolute Gasteiger partial charge is 0.338 e. The second kappa shape index (κ2) is 5.81. The molecule has 0 fully saturated rings. The molecule has 7 heteroatoms. The summed E-state index contributed by atoms with van der Waals surface area (Å²) in [5.41, 5.74) is -0.339. The Hall–Kier alpha value is -1.37. The van der Waals surface area contributed by atoms with E-state index >= 15 is 0 Å². The SMILES string of the molecule is O=C(O)c1cc(NCC(O)CO)c(Cl)cc1F. The van der Waals surface area contributed by atoms with Gasteiger partial charge in [0.2, 0.25) is 0 Å². The maximum Gasteiger partial charge on any atom is 0.338 e. The maximum atomic E-state index is 13.2. The van der Waals surface area contributed by atoms with Crippen LogP contribution in [0.25, 0.3) is 0 Å². The quantitative estimate of drug-likeness (QED) is 0.635. The highest BCUT2D eigenvalue weighted by molar-refractivity contribution is 6.33. The number of carboxylic acids is 1. The molecule has 1 atom stereocenters. The molecule has 1 unspecified atom stereocenters. The number of halogens is 2. The van der Waals surface area contributed by atoms with Gasteiger partial charge in [-0.05, 0) is 12.1 Å². The van der Waals surface area contributed by atoms with Crippen molar-refractivity contribution in [2.45, 2.75) is 6.10 Å². The van der Waals surface area contributed by atoms with Crippen molar-refractivity contribution in [3.8, 4) is 0 Å². The highest BCUT2D eigenvalue weighted by Gasteiger charge is 2.14. The predicted molar refractivity (Wildman–Crippen MR) is 60.0 cm³/mol. The first-order valence-corrected chi connectivity index (χ1v) is 5.08. The third-order valence-corrected chi connectivity index (χ3v) is 2.34. The van der Waals surface area contributed by atoms with Gasteiger partial charge in [-0.2, -0.15) is 0 Å². The van der Waals surface area contributed by atoms with Gasteiger partial charge in [-0.25, -0.2) is 9.18 Å². The molecule has 1 aromatic rings. The second-order valence-corrected chi connectivity index (χ2v) is 3.74. The zero-order valence-corrected chi connectivity index (χ0v) is 9.41. The Morgan fingerprint density at radius 1 is 1.53 bits per heavy atom. The van der Waals surface area contributed by atoms with Gasteiger partial charge in [-0.3, -0.25) is 0 Å². The van der Waals surface area contributed by atoms with Crippen molar-refractivity contribution in [2.75, 3.05) is 18.5 Å². The highest BCUT2D eigenvalue weighted by atomic mass is 35.5. The fourth-order valence-corrected chi connectivity index (χ4v) is 1.36. The number of aliphatic hydroxyl groups is 2. The number of hydrogen-bond donors (Lipinski definition) is 4. The molecule has 0 aliphatic heterocycles. The second-order valence-electron chi connectivity index (χ2n) is 3.33. The number of carbonyl (C=O) groups is 1. The number of benzene rings is 1. The lowest BCUT2D eigenvalue weighted by Gasteiger charge is -2.12. The minimum absolute atomic E-state index is 0.00219. The Labute approximate surface area is 101 Å². The molecule has 0 saturated carbocycles. The van der Waals surface area contributed by atoms with Crippen LogP contribution in [0.3, 0.4) is 0 Å². The van der Waals surface area contributed by atoms with Crippen molar-refractivity contribution in [1.29, 1.82) is 0 Å². The number of rotatable bonds is 5. The van der Waals surface area contributed by atoms with Crippen molar-refractivity contribution >= 4 is 23.3 Å². The van der Waals surface area contributed by atoms with Gasteiger partial charge in [0.05, 0.1) is 29.0 Å². The van der Waals surface area contributed by atoms with Gasteiger partial charge in [0.25, 0.3) is 0 Å². The molecule has 4 N–H and O–H groups in total. The standard InChI is InChI=1S/C10H11ClFNO4/c11-7-2-8(12)6(10(16)17)1-9(7)13-3-5(15)4-14/h1-2,5,13-15H,3-4H2,(H,16,17). The molecular weight excluding hydrogens is 253 g/mol. The van der Waals surface area contributed by atoms with Gasteiger partial charge in [-0.1, -0.05) is 11.6 Å². The molecule has 94 valence electrons. The molecule has 0 aliphatic rings. The molecule has 1 aromatic carbocycles. The van der Waals surface area contributed by atoms with Crippen LogP contribution in [0.15, 0.2) is 12.1 Å². The van der Waals surface area contributed by atoms with Crippen molar-refractivity contribution in [3.05, 3.63) is 28.5 Å². The van der Waals surface area contributed by atoms with Gasteiger partial charge >= 0.3 is 5.97 Å². The van der Waals surface area contributed by atoms with Crippen LogP contribution in [0.2, 0.25) is 5.02 Å². The van der Waals surface area contributed by atoms with Gasteiger partial charge < -0.3 is 20.6 Å². The first-order chi connectivity index (χ1) is 7.95. The van der Waals surface area contributed by atoms with E-state index in [0.29, 0.717) is 0 Å². The minimum Gasteiger partial charge on any atom is -0.478 e. The zero-order chi connectivity index (χ0) is 13.0. The molecule has 0 spiro atoms. The van der Waals surface area contributed by atoms with E-state index in [2.05, 4.69) is 5.32 Å². The zero-order valence-electron chi connectivity index (χ0n) is 8.65. The van der Waals surface area contributed by atoms with E-state index in [-0.39, 0.29) is 17.3 Å². The Morgan fingerprint density at radius 2 is 2.18 bits per heavy atom. The molecule has 17 heavy (non-hydrogen) atoms. The molecule has 0 aliphatic carbocycles. The van der Waals surface area contributed by atoms with E-state index in [1.165, 1.54) is 0 Å². The average molecular weight is 264 g/mol. The van der Waals surface area contributed by atoms with Crippen LogP contribution in [0.1, 0.15) is 10.4 Å². The average Bonchev–Trinajstić information content (AvgIpc) is 2.26. The van der Waals surface area contributed by atoms with Crippen LogP contribution in [-0.4, -0.2) is 40.5 Å². The van der Waals surface area contributed by atoms with Gasteiger partial charge in [0, 0.05) is 6.54 Å². The van der Waals surface area contributed by atoms with E-state index < -0.39 is 30.1 Å². The van der Waals surface area contributed by atoms with Gasteiger partial charge in [0.1, 0.15) is 5.82 Å². The molecule has 0 amide bonds. The summed E-state index contributed by atoms with van der Waals surface area (Å²) in [6, 6.07) is 1.91. The van der Waals surface area contributed by atoms with E-state index in [9.17, 15) is 9.18 Å². The summed E-state index contributed by atoms with van der Waals surface area (Å²) >= 11 is 5.69. The van der Waals surface area contributed by atoms with Crippen LogP contribution >= 0.6 is 11.6 Å². The molecule has 0 heterocycles. The third kappa shape index (κ3) is 3.55. The Kier molecular flexibility index (Phi) is 4.68. The van der Waals surface area contributed by atoms with E-state index in [0.717, 1.165) is 12.1 Å². The van der Waals surface area contributed by atoms with Crippen LogP contribution in [0.4, 0.5) is 10.1 Å². The lowest BCUT2D eigenvalue weighted by atomic mass is 10.2. The summed E-state index contributed by atoms with van der Waals surface area (Å²) in [5, 5.41) is 29.0. The van der Waals surface area contributed by atoms with Crippen molar-refractivity contribution < 1.29 is 24.5 Å². The Morgan fingerprint density at radius 3 is 2.71 bits per heavy atom. The number of hydrogen-bond acceptors (Lipinski definition) is 4. The Balaban J connectivity index is 2.92. The third-order valence-electron chi connectivity index (χ3n) is 2.03. The van der Waals surface area contributed by atoms with Crippen molar-refractivity contribution in [1.82, 2.24) is 0 Å². The normalized spacial score (nSPS) is 12.2. The topological polar surface area (TPSA) is 89.8 Å². The molecule has 0 saturated heterocycles. The summed E-state index contributed by atoms with van der Waals surface area (Å²) in [6.45, 7) is -0.474. The summed E-state index contributed by atoms with van der Waals surface area (Å²) < 4.78 is 13.2. The molecule has 5 nitrogen and oxygen atoms in total. The highest BCUT2D eigenvalue weighted by Crippen LogP contribution is 2.25. The number of anilines is 1. The summed E-state index contributed by atoms with van der Waals surface area (Å²) in [5.74, 6) is -2.35. The van der Waals surface area contributed by atoms with Gasteiger partial charge in [0.15, 0.2) is 0 Å². The predicted octanol–water partition coefficient (Wildman–Crippen LogP) is 0.942. The first-order valence-electron chi connectivity index (χ1n) is 4.70. The largest absolute Gasteiger partial charge is 0.478 e. The number of nitrogens with one attached hydrogen (secondary N) is 1. The van der Waals surface area contributed by atoms with Gasteiger partial charge in [-0.15, -0.1) is 0 Å². The maximum absolute atomic E-state index is 13.2. The Bertz CT molecular complexity index is 427. The van der Waals surface area contributed by atoms with Crippen molar-refractivity contribution in [3.63, 3.8) is 0 Å². The number of aliphatic hydroxyl groups excluding tert-OH is 2. The summed E-state index contributed by atoms with van der Waals surface area (Å²) in [6.07, 6.45) is -1.01. The fraction of sp³-hybridized carbons (Fsp3) is 0.300. The van der Waals surface area contributed by atoms with E-state index in [1.807, 2.05) is 0 Å². The summed E-state index contributed by atoms with van der Waals surface area (Å²) in [7, 11) is 0. The lowest BCUT2D eigenvalue weighted by Crippen LogP contribution is -2.23. The van der Waals surface area contributed by atoms with Crippen LogP contribution in [-0.2, 0) is 0 Å². The fourth-order valence-electron chi connectivity index (χ4n) is 1.14. The molecule has 0 radical (unpaired) electrons.